The minimum Gasteiger partial charge on any atom is -0.487 e. The molecule has 172 valence electrons. The van der Waals surface area contributed by atoms with Crippen molar-refractivity contribution in [3.63, 3.8) is 0 Å². The lowest BCUT2D eigenvalue weighted by Gasteiger charge is -2.26. The van der Waals surface area contributed by atoms with Crippen LogP contribution in [0.5, 0.6) is 5.75 Å². The fraction of sp³-hybridized carbons (Fsp3) is 0.609. The van der Waals surface area contributed by atoms with E-state index >= 15 is 0 Å². The molecule has 0 spiro atoms. The number of nitrogens with one attached hydrogen (secondary N) is 1. The average molecular weight is 434 g/mol. The number of ether oxygens (including phenoxy) is 1. The fourth-order valence-corrected chi connectivity index (χ4v) is 4.44. The average Bonchev–Trinajstić information content (AvgIpc) is 3.30. The van der Waals surface area contributed by atoms with Crippen LogP contribution >= 0.6 is 0 Å². The number of hydrogen-bond acceptors (Lipinski definition) is 5. The Balaban J connectivity index is 1.68. The molecule has 2 fully saturated rings. The van der Waals surface area contributed by atoms with Crippen LogP contribution in [0.4, 0.5) is 9.18 Å². The van der Waals surface area contributed by atoms with Gasteiger partial charge >= 0.3 is 6.03 Å². The third kappa shape index (κ3) is 6.03. The van der Waals surface area contributed by atoms with Gasteiger partial charge in [-0.3, -0.25) is 0 Å². The van der Waals surface area contributed by atoms with Crippen molar-refractivity contribution in [2.24, 2.45) is 11.6 Å². The van der Waals surface area contributed by atoms with Crippen molar-refractivity contribution in [3.8, 4) is 5.75 Å². The number of nitrogens with zero attached hydrogens (tertiary/aromatic N) is 2. The zero-order valence-electron chi connectivity index (χ0n) is 18.7. The van der Waals surface area contributed by atoms with Gasteiger partial charge in [-0.15, -0.1) is 0 Å². The van der Waals surface area contributed by atoms with Gasteiger partial charge in [0.15, 0.2) is 11.6 Å². The molecule has 0 heterocycles. The van der Waals surface area contributed by atoms with E-state index in [-0.39, 0.29) is 30.5 Å². The Labute approximate surface area is 184 Å². The molecular weight excluding hydrogens is 397 g/mol. The summed E-state index contributed by atoms with van der Waals surface area (Å²) in [6.45, 7) is 0.149. The van der Waals surface area contributed by atoms with E-state index in [1.807, 2.05) is 7.05 Å². The van der Waals surface area contributed by atoms with Gasteiger partial charge in [0, 0.05) is 25.7 Å². The van der Waals surface area contributed by atoms with E-state index in [2.05, 4.69) is 5.32 Å². The molecule has 7 nitrogen and oxygen atoms in total. The fourth-order valence-electron chi connectivity index (χ4n) is 4.44. The number of urea groups is 1. The summed E-state index contributed by atoms with van der Waals surface area (Å²) in [5.74, 6) is 5.76. The van der Waals surface area contributed by atoms with Crippen molar-refractivity contribution < 1.29 is 13.9 Å². The Morgan fingerprint density at radius 1 is 1.13 bits per heavy atom. The molecule has 0 aliphatic heterocycles. The van der Waals surface area contributed by atoms with E-state index in [0.717, 1.165) is 51.4 Å². The maximum Gasteiger partial charge on any atom is 0.317 e. The number of halogens is 1. The van der Waals surface area contributed by atoms with Crippen molar-refractivity contribution >= 4 is 11.7 Å². The molecule has 31 heavy (non-hydrogen) atoms. The monoisotopic (exact) mass is 433 g/mol. The van der Waals surface area contributed by atoms with Gasteiger partial charge in [0.25, 0.3) is 0 Å². The zero-order chi connectivity index (χ0) is 22.4. The van der Waals surface area contributed by atoms with Gasteiger partial charge in [0.2, 0.25) is 0 Å². The molecule has 2 aliphatic carbocycles. The number of likely N-dealkylation sites (N-methyl/N-ethyl adjacent to an activating group) is 1. The molecule has 0 saturated heterocycles. The van der Waals surface area contributed by atoms with Crippen molar-refractivity contribution in [2.75, 3.05) is 20.6 Å². The minimum atomic E-state index is -0.449. The van der Waals surface area contributed by atoms with Crippen molar-refractivity contribution in [1.82, 2.24) is 15.2 Å². The predicted molar refractivity (Wildman–Crippen MR) is 120 cm³/mol. The largest absolute Gasteiger partial charge is 0.487 e. The molecule has 5 N–H and O–H groups in total. The van der Waals surface area contributed by atoms with E-state index in [1.54, 1.807) is 24.1 Å². The van der Waals surface area contributed by atoms with Crippen molar-refractivity contribution in [2.45, 2.75) is 69.9 Å². The summed E-state index contributed by atoms with van der Waals surface area (Å²) in [5, 5.41) is 4.24. The van der Waals surface area contributed by atoms with Crippen LogP contribution in [0.2, 0.25) is 0 Å². The molecule has 1 aromatic carbocycles. The highest BCUT2D eigenvalue weighted by molar-refractivity contribution is 5.75. The SMILES string of the molecule is CN(N)/C(CNC(=O)N(C)C1CCCC1)=C(\N)c1ccc(OC2CCCCC2)c(F)c1. The first-order chi connectivity index (χ1) is 14.9. The summed E-state index contributed by atoms with van der Waals surface area (Å²) in [7, 11) is 3.45. The van der Waals surface area contributed by atoms with Crippen LogP contribution < -0.4 is 21.6 Å². The summed E-state index contributed by atoms with van der Waals surface area (Å²) in [5.41, 5.74) is 7.64. The molecule has 3 rings (SSSR count). The Hall–Kier alpha value is -2.48. The van der Waals surface area contributed by atoms with Crippen molar-refractivity contribution in [1.29, 1.82) is 0 Å². The maximum absolute atomic E-state index is 14.7. The molecule has 0 atom stereocenters. The number of nitrogens with two attached hydrogens (primary N) is 2. The van der Waals surface area contributed by atoms with Gasteiger partial charge in [-0.2, -0.15) is 0 Å². The number of carbonyl (C=O) groups excluding carboxylic acids is 1. The second kappa shape index (κ2) is 10.7. The lowest BCUT2D eigenvalue weighted by atomic mass is 9.98. The van der Waals surface area contributed by atoms with Crippen molar-refractivity contribution in [3.05, 3.63) is 35.3 Å². The first-order valence-corrected chi connectivity index (χ1v) is 11.3. The van der Waals surface area contributed by atoms with Crippen LogP contribution in [0.3, 0.4) is 0 Å². The quantitative estimate of drug-likeness (QED) is 0.451. The topological polar surface area (TPSA) is 96.9 Å². The van der Waals surface area contributed by atoms with E-state index in [4.69, 9.17) is 16.3 Å². The van der Waals surface area contributed by atoms with Crippen LogP contribution in [-0.4, -0.2) is 48.7 Å². The summed E-state index contributed by atoms with van der Waals surface area (Å²) in [6.07, 6.45) is 9.80. The van der Waals surface area contributed by atoms with Gasteiger partial charge in [-0.1, -0.05) is 19.3 Å². The van der Waals surface area contributed by atoms with Gasteiger partial charge in [-0.25, -0.2) is 15.0 Å². The summed E-state index contributed by atoms with van der Waals surface area (Å²) < 4.78 is 20.6. The molecule has 0 aromatic heterocycles. The third-order valence-electron chi connectivity index (χ3n) is 6.43. The van der Waals surface area contributed by atoms with E-state index in [9.17, 15) is 9.18 Å². The third-order valence-corrected chi connectivity index (χ3v) is 6.43. The summed E-state index contributed by atoms with van der Waals surface area (Å²) >= 11 is 0. The first kappa shape index (κ1) is 23.2. The Bertz CT molecular complexity index is 786. The maximum atomic E-state index is 14.7. The number of benzene rings is 1. The molecular formula is C23H36FN5O2. The van der Waals surface area contributed by atoms with Gasteiger partial charge in [-0.05, 0) is 56.7 Å². The van der Waals surface area contributed by atoms with Crippen LogP contribution in [-0.2, 0) is 0 Å². The van der Waals surface area contributed by atoms with E-state index < -0.39 is 5.82 Å². The predicted octanol–water partition coefficient (Wildman–Crippen LogP) is 3.55. The summed E-state index contributed by atoms with van der Waals surface area (Å²) in [4.78, 5) is 14.3. The van der Waals surface area contributed by atoms with Crippen LogP contribution in [0.25, 0.3) is 5.70 Å². The first-order valence-electron chi connectivity index (χ1n) is 11.3. The molecule has 8 heteroatoms. The van der Waals surface area contributed by atoms with Gasteiger partial charge in [0.1, 0.15) is 0 Å². The highest BCUT2D eigenvalue weighted by Crippen LogP contribution is 2.27. The van der Waals surface area contributed by atoms with Crippen LogP contribution in [0.15, 0.2) is 23.9 Å². The van der Waals surface area contributed by atoms with Gasteiger partial charge in [0.05, 0.1) is 24.0 Å². The Morgan fingerprint density at radius 2 is 1.77 bits per heavy atom. The highest BCUT2D eigenvalue weighted by Gasteiger charge is 2.24. The minimum absolute atomic E-state index is 0.0693. The lowest BCUT2D eigenvalue weighted by molar-refractivity contribution is 0.148. The van der Waals surface area contributed by atoms with E-state index in [1.165, 1.54) is 17.5 Å². The number of rotatable bonds is 7. The zero-order valence-corrected chi connectivity index (χ0v) is 18.7. The number of carbonyl (C=O) groups is 1. The van der Waals surface area contributed by atoms with Gasteiger partial charge < -0.3 is 25.7 Å². The Morgan fingerprint density at radius 3 is 2.39 bits per heavy atom. The Kier molecular flexibility index (Phi) is 8.01. The highest BCUT2D eigenvalue weighted by atomic mass is 19.1. The van der Waals surface area contributed by atoms with Crippen LogP contribution in [0.1, 0.15) is 63.4 Å². The molecule has 1 aromatic rings. The summed E-state index contributed by atoms with van der Waals surface area (Å²) in [6, 6.07) is 4.82. The normalized spacial score (nSPS) is 18.5. The van der Waals surface area contributed by atoms with E-state index in [0.29, 0.717) is 17.0 Å². The molecule has 2 saturated carbocycles. The molecule has 0 bridgehead atoms. The van der Waals surface area contributed by atoms with Crippen LogP contribution in [0, 0.1) is 5.82 Å². The smallest absolute Gasteiger partial charge is 0.317 e. The number of hydrazine groups is 1. The molecule has 2 amide bonds. The standard InChI is InChI=1S/C23H36FN5O2/c1-28(17-8-6-7-9-17)23(30)27-15-20(29(2)26)22(25)16-12-13-21(19(24)14-16)31-18-10-4-3-5-11-18/h12-14,17-18H,3-11,15,25-26H2,1-2H3,(H,27,30)/b22-20-. The second-order valence-electron chi connectivity index (χ2n) is 8.70. The molecule has 2 aliphatic rings. The second-order valence-corrected chi connectivity index (χ2v) is 8.70. The molecule has 0 unspecified atom stereocenters. The number of hydrogen-bond donors (Lipinski definition) is 3. The number of amides is 2. The lowest BCUT2D eigenvalue weighted by Crippen LogP contribution is -2.45. The molecule has 0 radical (unpaired) electrons.